The Bertz CT molecular complexity index is 418. The Labute approximate surface area is 98.2 Å². The van der Waals surface area contributed by atoms with Gasteiger partial charge in [-0.2, -0.15) is 0 Å². The number of hydrogen-bond acceptors (Lipinski definition) is 1. The number of hydrogen-bond donors (Lipinski definition) is 2. The zero-order chi connectivity index (χ0) is 10.7. The summed E-state index contributed by atoms with van der Waals surface area (Å²) in [6, 6.07) is 7.42. The highest BCUT2D eigenvalue weighted by Crippen LogP contribution is 2.22. The maximum atomic E-state index is 5.88. The van der Waals surface area contributed by atoms with Gasteiger partial charge >= 0.3 is 0 Å². The van der Waals surface area contributed by atoms with Gasteiger partial charge in [0.15, 0.2) is 0 Å². The normalized spacial score (nSPS) is 10.3. The number of aromatic nitrogens is 1. The van der Waals surface area contributed by atoms with Crippen molar-refractivity contribution in [3.8, 4) is 0 Å². The monoisotopic (exact) mass is 240 g/mol. The Morgan fingerprint density at radius 1 is 1.13 bits per heavy atom. The number of nitrogens with one attached hydrogen (secondary N) is 2. The quantitative estimate of drug-likeness (QED) is 0.836. The molecule has 0 bridgehead atoms. The lowest BCUT2D eigenvalue weighted by Crippen LogP contribution is -1.97. The minimum atomic E-state index is 0.638. The molecular formula is C11H10Cl2N2. The van der Waals surface area contributed by atoms with Crippen molar-refractivity contribution in [2.75, 3.05) is 5.32 Å². The summed E-state index contributed by atoms with van der Waals surface area (Å²) < 4.78 is 0. The summed E-state index contributed by atoms with van der Waals surface area (Å²) in [6.07, 6.45) is 3.83. The first-order chi connectivity index (χ1) is 7.24. The number of rotatable bonds is 3. The third-order valence-electron chi connectivity index (χ3n) is 2.02. The molecule has 1 aromatic heterocycles. The van der Waals surface area contributed by atoms with Gasteiger partial charge in [-0.3, -0.25) is 0 Å². The predicted octanol–water partition coefficient (Wildman–Crippen LogP) is 3.93. The minimum absolute atomic E-state index is 0.638. The molecule has 0 fully saturated rings. The third kappa shape index (κ3) is 2.91. The summed E-state index contributed by atoms with van der Waals surface area (Å²) in [4.78, 5) is 3.00. The fourth-order valence-corrected chi connectivity index (χ4v) is 1.85. The smallest absolute Gasteiger partial charge is 0.0441 e. The summed E-state index contributed by atoms with van der Waals surface area (Å²) in [5, 5.41) is 4.52. The minimum Gasteiger partial charge on any atom is -0.381 e. The van der Waals surface area contributed by atoms with E-state index in [9.17, 15) is 0 Å². The predicted molar refractivity (Wildman–Crippen MR) is 64.6 cm³/mol. The number of halogens is 2. The Morgan fingerprint density at radius 2 is 1.87 bits per heavy atom. The number of aromatic amines is 1. The first-order valence-electron chi connectivity index (χ1n) is 4.56. The summed E-state index contributed by atoms with van der Waals surface area (Å²) in [7, 11) is 0. The molecular weight excluding hydrogens is 231 g/mol. The number of benzene rings is 1. The second-order valence-corrected chi connectivity index (χ2v) is 4.10. The van der Waals surface area contributed by atoms with E-state index < -0.39 is 0 Å². The van der Waals surface area contributed by atoms with E-state index in [1.807, 2.05) is 30.6 Å². The second kappa shape index (κ2) is 4.60. The average molecular weight is 241 g/mol. The van der Waals surface area contributed by atoms with Gasteiger partial charge in [0.2, 0.25) is 0 Å². The van der Waals surface area contributed by atoms with Crippen molar-refractivity contribution < 1.29 is 0 Å². The largest absolute Gasteiger partial charge is 0.381 e. The van der Waals surface area contributed by atoms with E-state index in [1.54, 1.807) is 6.07 Å². The van der Waals surface area contributed by atoms with E-state index in [-0.39, 0.29) is 0 Å². The standard InChI is InChI=1S/C11H10Cl2N2/c12-9-3-10(13)5-11(4-9)15-7-8-1-2-14-6-8/h1-6,14-15H,7H2. The molecule has 0 aliphatic rings. The van der Waals surface area contributed by atoms with Gasteiger partial charge in [-0.05, 0) is 29.8 Å². The molecule has 4 heteroatoms. The van der Waals surface area contributed by atoms with Gasteiger partial charge in [-0.15, -0.1) is 0 Å². The molecule has 2 nitrogen and oxygen atoms in total. The van der Waals surface area contributed by atoms with Crippen LogP contribution in [0.3, 0.4) is 0 Å². The average Bonchev–Trinajstić information content (AvgIpc) is 2.65. The lowest BCUT2D eigenvalue weighted by molar-refractivity contribution is 1.15. The van der Waals surface area contributed by atoms with Gasteiger partial charge in [0.25, 0.3) is 0 Å². The molecule has 0 saturated heterocycles. The highest BCUT2D eigenvalue weighted by atomic mass is 35.5. The van der Waals surface area contributed by atoms with Gasteiger partial charge in [-0.25, -0.2) is 0 Å². The van der Waals surface area contributed by atoms with Crippen LogP contribution in [0.4, 0.5) is 5.69 Å². The van der Waals surface area contributed by atoms with Gasteiger partial charge in [0.05, 0.1) is 0 Å². The number of anilines is 1. The zero-order valence-corrected chi connectivity index (χ0v) is 9.44. The summed E-state index contributed by atoms with van der Waals surface area (Å²) >= 11 is 11.8. The topological polar surface area (TPSA) is 27.8 Å². The highest BCUT2D eigenvalue weighted by molar-refractivity contribution is 6.35. The third-order valence-corrected chi connectivity index (χ3v) is 2.46. The summed E-state index contributed by atoms with van der Waals surface area (Å²) in [5.41, 5.74) is 2.11. The maximum Gasteiger partial charge on any atom is 0.0441 e. The van der Waals surface area contributed by atoms with Gasteiger partial charge in [0.1, 0.15) is 0 Å². The van der Waals surface area contributed by atoms with Crippen LogP contribution in [0.5, 0.6) is 0 Å². The van der Waals surface area contributed by atoms with Crippen molar-refractivity contribution in [2.24, 2.45) is 0 Å². The molecule has 0 aliphatic carbocycles. The molecule has 78 valence electrons. The molecule has 1 aromatic carbocycles. The molecule has 1 heterocycles. The second-order valence-electron chi connectivity index (χ2n) is 3.23. The van der Waals surface area contributed by atoms with Crippen LogP contribution in [-0.4, -0.2) is 4.98 Å². The highest BCUT2D eigenvalue weighted by Gasteiger charge is 1.98. The Hall–Kier alpha value is -1.12. The summed E-state index contributed by atoms with van der Waals surface area (Å²) in [6.45, 7) is 0.750. The van der Waals surface area contributed by atoms with Crippen LogP contribution in [0.25, 0.3) is 0 Å². The van der Waals surface area contributed by atoms with Crippen LogP contribution >= 0.6 is 23.2 Å². The lowest BCUT2D eigenvalue weighted by atomic mass is 10.3. The Morgan fingerprint density at radius 3 is 2.47 bits per heavy atom. The fraction of sp³-hybridized carbons (Fsp3) is 0.0909. The van der Waals surface area contributed by atoms with Crippen LogP contribution in [0, 0.1) is 0 Å². The van der Waals surface area contributed by atoms with Crippen LogP contribution in [0.1, 0.15) is 5.56 Å². The van der Waals surface area contributed by atoms with E-state index in [4.69, 9.17) is 23.2 Å². The first-order valence-corrected chi connectivity index (χ1v) is 5.31. The maximum absolute atomic E-state index is 5.88. The van der Waals surface area contributed by atoms with Crippen molar-refractivity contribution in [3.05, 3.63) is 52.3 Å². The molecule has 2 rings (SSSR count). The van der Waals surface area contributed by atoms with E-state index in [2.05, 4.69) is 10.3 Å². The molecule has 2 aromatic rings. The molecule has 0 radical (unpaired) electrons. The van der Waals surface area contributed by atoms with Crippen LogP contribution in [0.2, 0.25) is 10.0 Å². The first kappa shape index (κ1) is 10.4. The van der Waals surface area contributed by atoms with Crippen LogP contribution < -0.4 is 5.32 Å². The van der Waals surface area contributed by atoms with E-state index >= 15 is 0 Å². The van der Waals surface area contributed by atoms with Crippen molar-refractivity contribution >= 4 is 28.9 Å². The van der Waals surface area contributed by atoms with Crippen LogP contribution in [0.15, 0.2) is 36.7 Å². The van der Waals surface area contributed by atoms with Crippen LogP contribution in [-0.2, 0) is 6.54 Å². The van der Waals surface area contributed by atoms with E-state index in [0.717, 1.165) is 12.2 Å². The van der Waals surface area contributed by atoms with Gasteiger partial charge in [0, 0.05) is 34.7 Å². The SMILES string of the molecule is Clc1cc(Cl)cc(NCc2cc[nH]c2)c1. The molecule has 0 aliphatic heterocycles. The number of H-pyrrole nitrogens is 1. The zero-order valence-electron chi connectivity index (χ0n) is 7.93. The van der Waals surface area contributed by atoms with E-state index in [0.29, 0.717) is 10.0 Å². The lowest BCUT2D eigenvalue weighted by Gasteiger charge is -2.05. The summed E-state index contributed by atoms with van der Waals surface area (Å²) in [5.74, 6) is 0. The molecule has 0 saturated carbocycles. The molecule has 0 atom stereocenters. The molecule has 0 spiro atoms. The molecule has 2 N–H and O–H groups in total. The fourth-order valence-electron chi connectivity index (χ4n) is 1.33. The Balaban J connectivity index is 2.05. The molecule has 0 amide bonds. The molecule has 0 unspecified atom stereocenters. The molecule has 15 heavy (non-hydrogen) atoms. The van der Waals surface area contributed by atoms with Gasteiger partial charge in [-0.1, -0.05) is 23.2 Å². The van der Waals surface area contributed by atoms with Crippen molar-refractivity contribution in [1.82, 2.24) is 4.98 Å². The van der Waals surface area contributed by atoms with Crippen molar-refractivity contribution in [2.45, 2.75) is 6.54 Å². The Kier molecular flexibility index (Phi) is 3.19. The van der Waals surface area contributed by atoms with Crippen molar-refractivity contribution in [3.63, 3.8) is 0 Å². The van der Waals surface area contributed by atoms with E-state index in [1.165, 1.54) is 5.56 Å². The van der Waals surface area contributed by atoms with Gasteiger partial charge < -0.3 is 10.3 Å². The van der Waals surface area contributed by atoms with Crippen molar-refractivity contribution in [1.29, 1.82) is 0 Å².